The molecule has 6 nitrogen and oxygen atoms in total. The van der Waals surface area contributed by atoms with Gasteiger partial charge in [-0.15, -0.1) is 0 Å². The fourth-order valence-electron chi connectivity index (χ4n) is 3.77. The van der Waals surface area contributed by atoms with E-state index >= 15 is 0 Å². The third-order valence-corrected chi connectivity index (χ3v) is 5.37. The third-order valence-electron chi connectivity index (χ3n) is 5.37. The zero-order chi connectivity index (χ0) is 19.3. The number of benzene rings is 1. The Morgan fingerprint density at radius 2 is 1.96 bits per heavy atom. The molecular formula is C22H28N4O2. The van der Waals surface area contributed by atoms with Gasteiger partial charge in [-0.2, -0.15) is 0 Å². The number of hydrogen-bond acceptors (Lipinski definition) is 5. The maximum absolute atomic E-state index is 13.0. The second-order valence-corrected chi connectivity index (χ2v) is 7.56. The van der Waals surface area contributed by atoms with Crippen LogP contribution in [0.3, 0.4) is 0 Å². The zero-order valence-corrected chi connectivity index (χ0v) is 16.4. The molecule has 3 heterocycles. The first-order valence-corrected chi connectivity index (χ1v) is 10.1. The number of likely N-dealkylation sites (tertiary alicyclic amines) is 1. The first-order chi connectivity index (χ1) is 13.7. The number of aryl methyl sites for hydroxylation is 1. The molecule has 28 heavy (non-hydrogen) atoms. The van der Waals surface area contributed by atoms with Crippen molar-refractivity contribution in [2.45, 2.75) is 25.9 Å². The van der Waals surface area contributed by atoms with Crippen LogP contribution in [0.25, 0.3) is 0 Å². The molecule has 1 aromatic carbocycles. The Hall–Kier alpha value is -2.60. The number of ether oxygens (including phenoxy) is 1. The van der Waals surface area contributed by atoms with Crippen LogP contribution in [0.5, 0.6) is 5.75 Å². The number of hydrogen-bond donors (Lipinski definition) is 1. The summed E-state index contributed by atoms with van der Waals surface area (Å²) in [6, 6.07) is 13.8. The molecule has 0 aliphatic carbocycles. The predicted octanol–water partition coefficient (Wildman–Crippen LogP) is 2.48. The molecular weight excluding hydrogens is 352 g/mol. The molecule has 1 N–H and O–H groups in total. The molecule has 2 fully saturated rings. The van der Waals surface area contributed by atoms with E-state index in [0.717, 1.165) is 50.6 Å². The number of rotatable bonds is 4. The molecule has 0 saturated carbocycles. The molecule has 1 amide bonds. The Kier molecular flexibility index (Phi) is 5.76. The van der Waals surface area contributed by atoms with Crippen molar-refractivity contribution < 1.29 is 9.53 Å². The standard InChI is InChI=1S/C22H28N4O2/c1-17-6-8-18(9-7-17)28-19-10-14-26(16-19)22(27)20-4-2-5-21(24-20)25-13-3-11-23-12-15-25/h2,4-9,19,23H,3,10-16H2,1H3/t19-/m0/s1. The van der Waals surface area contributed by atoms with Crippen LogP contribution in [0.1, 0.15) is 28.9 Å². The summed E-state index contributed by atoms with van der Waals surface area (Å²) in [5, 5.41) is 3.40. The van der Waals surface area contributed by atoms with Crippen LogP contribution in [0.2, 0.25) is 0 Å². The second-order valence-electron chi connectivity index (χ2n) is 7.56. The topological polar surface area (TPSA) is 57.7 Å². The number of amides is 1. The SMILES string of the molecule is Cc1ccc(O[C@H]2CCN(C(=O)c3cccc(N4CCCNCC4)n3)C2)cc1. The quantitative estimate of drug-likeness (QED) is 0.883. The van der Waals surface area contributed by atoms with Crippen LogP contribution >= 0.6 is 0 Å². The van der Waals surface area contributed by atoms with Gasteiger partial charge >= 0.3 is 0 Å². The monoisotopic (exact) mass is 380 g/mol. The van der Waals surface area contributed by atoms with E-state index in [1.54, 1.807) is 0 Å². The van der Waals surface area contributed by atoms with Gasteiger partial charge in [0.25, 0.3) is 5.91 Å². The lowest BCUT2D eigenvalue weighted by atomic mass is 10.2. The summed E-state index contributed by atoms with van der Waals surface area (Å²) in [5.41, 5.74) is 1.73. The van der Waals surface area contributed by atoms with Gasteiger partial charge in [0.1, 0.15) is 23.4 Å². The Labute approximate surface area is 166 Å². The summed E-state index contributed by atoms with van der Waals surface area (Å²) in [4.78, 5) is 21.7. The lowest BCUT2D eigenvalue weighted by Crippen LogP contribution is -2.32. The first-order valence-electron chi connectivity index (χ1n) is 10.1. The van der Waals surface area contributed by atoms with E-state index in [0.29, 0.717) is 18.8 Å². The number of aromatic nitrogens is 1. The molecule has 0 radical (unpaired) electrons. The number of pyridine rings is 1. The smallest absolute Gasteiger partial charge is 0.272 e. The van der Waals surface area contributed by atoms with Gasteiger partial charge < -0.3 is 19.9 Å². The fourth-order valence-corrected chi connectivity index (χ4v) is 3.77. The van der Waals surface area contributed by atoms with Crippen molar-refractivity contribution in [1.29, 1.82) is 0 Å². The fraction of sp³-hybridized carbons (Fsp3) is 0.455. The third kappa shape index (κ3) is 4.44. The molecule has 1 atom stereocenters. The van der Waals surface area contributed by atoms with Crippen molar-refractivity contribution in [1.82, 2.24) is 15.2 Å². The number of anilines is 1. The van der Waals surface area contributed by atoms with E-state index < -0.39 is 0 Å². The summed E-state index contributed by atoms with van der Waals surface area (Å²) in [5.74, 6) is 1.74. The molecule has 0 spiro atoms. The number of carbonyl (C=O) groups excluding carboxylic acids is 1. The van der Waals surface area contributed by atoms with Crippen LogP contribution in [0, 0.1) is 6.92 Å². The summed E-state index contributed by atoms with van der Waals surface area (Å²) in [6.45, 7) is 7.23. The van der Waals surface area contributed by atoms with Gasteiger partial charge in [-0.1, -0.05) is 23.8 Å². The van der Waals surface area contributed by atoms with E-state index in [2.05, 4.69) is 22.1 Å². The van der Waals surface area contributed by atoms with Crippen LogP contribution < -0.4 is 15.0 Å². The number of nitrogens with zero attached hydrogens (tertiary/aromatic N) is 3. The van der Waals surface area contributed by atoms with Crippen molar-refractivity contribution in [3.8, 4) is 5.75 Å². The van der Waals surface area contributed by atoms with Gasteiger partial charge in [-0.25, -0.2) is 4.98 Å². The Morgan fingerprint density at radius 1 is 1.11 bits per heavy atom. The highest BCUT2D eigenvalue weighted by atomic mass is 16.5. The van der Waals surface area contributed by atoms with Gasteiger partial charge in [-0.05, 0) is 44.2 Å². The van der Waals surface area contributed by atoms with E-state index in [1.807, 2.05) is 47.4 Å². The van der Waals surface area contributed by atoms with Gasteiger partial charge in [0, 0.05) is 32.6 Å². The molecule has 6 heteroatoms. The molecule has 0 unspecified atom stereocenters. The molecule has 2 saturated heterocycles. The molecule has 0 bridgehead atoms. The molecule has 1 aromatic heterocycles. The second kappa shape index (κ2) is 8.61. The molecule has 4 rings (SSSR count). The van der Waals surface area contributed by atoms with Gasteiger partial charge in [0.05, 0.1) is 6.54 Å². The minimum Gasteiger partial charge on any atom is -0.489 e. The largest absolute Gasteiger partial charge is 0.489 e. The van der Waals surface area contributed by atoms with Gasteiger partial charge in [0.2, 0.25) is 0 Å². The van der Waals surface area contributed by atoms with E-state index in [1.165, 1.54) is 5.56 Å². The van der Waals surface area contributed by atoms with Crippen molar-refractivity contribution in [3.05, 3.63) is 53.7 Å². The van der Waals surface area contributed by atoms with Crippen molar-refractivity contribution in [3.63, 3.8) is 0 Å². The molecule has 2 aromatic rings. The van der Waals surface area contributed by atoms with E-state index in [4.69, 9.17) is 4.74 Å². The van der Waals surface area contributed by atoms with Gasteiger partial charge in [0.15, 0.2) is 0 Å². The lowest BCUT2D eigenvalue weighted by Gasteiger charge is -2.22. The molecule has 148 valence electrons. The van der Waals surface area contributed by atoms with Gasteiger partial charge in [-0.3, -0.25) is 4.79 Å². The Bertz CT molecular complexity index is 800. The highest BCUT2D eigenvalue weighted by molar-refractivity contribution is 5.93. The molecule has 2 aliphatic rings. The van der Waals surface area contributed by atoms with E-state index in [9.17, 15) is 4.79 Å². The molecule has 2 aliphatic heterocycles. The predicted molar refractivity (Wildman–Crippen MR) is 110 cm³/mol. The van der Waals surface area contributed by atoms with Crippen molar-refractivity contribution >= 4 is 11.7 Å². The normalized spacial score (nSPS) is 20.1. The highest BCUT2D eigenvalue weighted by Crippen LogP contribution is 2.21. The van der Waals surface area contributed by atoms with Crippen LogP contribution in [-0.2, 0) is 0 Å². The lowest BCUT2D eigenvalue weighted by molar-refractivity contribution is 0.0766. The van der Waals surface area contributed by atoms with Crippen LogP contribution in [-0.4, -0.2) is 61.2 Å². The van der Waals surface area contributed by atoms with E-state index in [-0.39, 0.29) is 12.0 Å². The summed E-state index contributed by atoms with van der Waals surface area (Å²) >= 11 is 0. The Morgan fingerprint density at radius 3 is 2.82 bits per heavy atom. The summed E-state index contributed by atoms with van der Waals surface area (Å²) in [6.07, 6.45) is 1.97. The highest BCUT2D eigenvalue weighted by Gasteiger charge is 2.29. The number of nitrogens with one attached hydrogen (secondary N) is 1. The Balaban J connectivity index is 1.39. The number of carbonyl (C=O) groups is 1. The van der Waals surface area contributed by atoms with Crippen molar-refractivity contribution in [2.75, 3.05) is 44.2 Å². The average Bonchev–Trinajstić information content (AvgIpc) is 3.01. The minimum atomic E-state index is -0.00944. The summed E-state index contributed by atoms with van der Waals surface area (Å²) in [7, 11) is 0. The van der Waals surface area contributed by atoms with Crippen LogP contribution in [0.15, 0.2) is 42.5 Å². The van der Waals surface area contributed by atoms with Crippen molar-refractivity contribution in [2.24, 2.45) is 0 Å². The minimum absolute atomic E-state index is 0.00944. The first kappa shape index (κ1) is 18.7. The maximum atomic E-state index is 13.0. The maximum Gasteiger partial charge on any atom is 0.272 e. The average molecular weight is 380 g/mol. The summed E-state index contributed by atoms with van der Waals surface area (Å²) < 4.78 is 6.05. The zero-order valence-electron chi connectivity index (χ0n) is 16.4. The van der Waals surface area contributed by atoms with Crippen LogP contribution in [0.4, 0.5) is 5.82 Å².